The SMILES string of the molecule is OC(Cc1ccc(F)c(F)c1)c1cc(Cl)c(Br)s1. The number of aliphatic hydroxyl groups is 1. The number of hydrogen-bond acceptors (Lipinski definition) is 2. The van der Waals surface area contributed by atoms with Crippen LogP contribution in [0, 0.1) is 11.6 Å². The zero-order valence-corrected chi connectivity index (χ0v) is 12.1. The van der Waals surface area contributed by atoms with Crippen LogP contribution in [0.2, 0.25) is 5.02 Å². The van der Waals surface area contributed by atoms with Crippen molar-refractivity contribution in [1.82, 2.24) is 0 Å². The minimum atomic E-state index is -0.912. The van der Waals surface area contributed by atoms with E-state index >= 15 is 0 Å². The summed E-state index contributed by atoms with van der Waals surface area (Å²) < 4.78 is 26.5. The first kappa shape index (κ1) is 13.9. The van der Waals surface area contributed by atoms with Crippen molar-refractivity contribution in [1.29, 1.82) is 0 Å². The quantitative estimate of drug-likeness (QED) is 0.846. The molecule has 0 bridgehead atoms. The lowest BCUT2D eigenvalue weighted by atomic mass is 10.1. The molecule has 0 aliphatic heterocycles. The molecule has 0 amide bonds. The van der Waals surface area contributed by atoms with Crippen LogP contribution in [0.15, 0.2) is 28.1 Å². The van der Waals surface area contributed by atoms with Crippen molar-refractivity contribution in [3.8, 4) is 0 Å². The minimum absolute atomic E-state index is 0.209. The zero-order chi connectivity index (χ0) is 13.3. The summed E-state index contributed by atoms with van der Waals surface area (Å²) in [6.07, 6.45) is -0.579. The normalized spacial score (nSPS) is 12.7. The number of halogens is 4. The Hall–Kier alpha value is -0.490. The van der Waals surface area contributed by atoms with Crippen molar-refractivity contribution in [3.63, 3.8) is 0 Å². The van der Waals surface area contributed by atoms with E-state index in [4.69, 9.17) is 11.6 Å². The lowest BCUT2D eigenvalue weighted by Gasteiger charge is -2.08. The van der Waals surface area contributed by atoms with Crippen molar-refractivity contribution in [2.45, 2.75) is 12.5 Å². The Morgan fingerprint density at radius 3 is 2.56 bits per heavy atom. The predicted octanol–water partition coefficient (Wildman–Crippen LogP) is 4.72. The number of benzene rings is 1. The molecule has 1 aromatic carbocycles. The largest absolute Gasteiger partial charge is 0.387 e. The Morgan fingerprint density at radius 2 is 2.00 bits per heavy atom. The summed E-state index contributed by atoms with van der Waals surface area (Å²) >= 11 is 10.4. The highest BCUT2D eigenvalue weighted by atomic mass is 79.9. The molecule has 1 aromatic heterocycles. The van der Waals surface area contributed by atoms with Gasteiger partial charge in [-0.15, -0.1) is 11.3 Å². The van der Waals surface area contributed by atoms with Crippen molar-refractivity contribution < 1.29 is 13.9 Å². The summed E-state index contributed by atoms with van der Waals surface area (Å²) in [5.41, 5.74) is 0.530. The molecule has 0 aliphatic carbocycles. The average Bonchev–Trinajstić information content (AvgIpc) is 2.65. The van der Waals surface area contributed by atoms with Gasteiger partial charge < -0.3 is 5.11 Å². The number of aliphatic hydroxyl groups excluding tert-OH is 1. The monoisotopic (exact) mass is 352 g/mol. The molecule has 0 aliphatic rings. The molecule has 1 N–H and O–H groups in total. The van der Waals surface area contributed by atoms with Gasteiger partial charge >= 0.3 is 0 Å². The predicted molar refractivity (Wildman–Crippen MR) is 72.1 cm³/mol. The molecule has 96 valence electrons. The molecular formula is C12H8BrClF2OS. The average molecular weight is 354 g/mol. The second-order valence-corrected chi connectivity index (χ2v) is 6.55. The van der Waals surface area contributed by atoms with E-state index in [1.54, 1.807) is 6.07 Å². The first-order valence-corrected chi connectivity index (χ1v) is 7.03. The molecule has 0 fully saturated rings. The highest BCUT2D eigenvalue weighted by Gasteiger charge is 2.14. The van der Waals surface area contributed by atoms with E-state index < -0.39 is 17.7 Å². The third kappa shape index (κ3) is 3.09. The van der Waals surface area contributed by atoms with Crippen molar-refractivity contribution in [3.05, 3.63) is 55.1 Å². The molecule has 2 aromatic rings. The highest BCUT2D eigenvalue weighted by molar-refractivity contribution is 9.11. The van der Waals surface area contributed by atoms with E-state index in [1.807, 2.05) is 0 Å². The van der Waals surface area contributed by atoms with Crippen LogP contribution in [0.4, 0.5) is 8.78 Å². The van der Waals surface area contributed by atoms with E-state index in [0.717, 1.165) is 15.9 Å². The van der Waals surface area contributed by atoms with Crippen LogP contribution in [0.3, 0.4) is 0 Å². The maximum atomic E-state index is 13.0. The lowest BCUT2D eigenvalue weighted by molar-refractivity contribution is 0.182. The summed E-state index contributed by atoms with van der Waals surface area (Å²) in [7, 11) is 0. The van der Waals surface area contributed by atoms with Crippen LogP contribution < -0.4 is 0 Å². The minimum Gasteiger partial charge on any atom is -0.387 e. The lowest BCUT2D eigenvalue weighted by Crippen LogP contribution is -2.00. The van der Waals surface area contributed by atoms with Gasteiger partial charge in [-0.25, -0.2) is 8.78 Å². The Bertz CT molecular complexity index is 554. The number of hydrogen-bond donors (Lipinski definition) is 1. The molecule has 1 atom stereocenters. The van der Waals surface area contributed by atoms with Gasteiger partial charge in [0.15, 0.2) is 11.6 Å². The van der Waals surface area contributed by atoms with Gasteiger partial charge in [0.2, 0.25) is 0 Å². The molecule has 1 unspecified atom stereocenters. The fraction of sp³-hybridized carbons (Fsp3) is 0.167. The van der Waals surface area contributed by atoms with Gasteiger partial charge in [0, 0.05) is 11.3 Å². The first-order chi connectivity index (χ1) is 8.47. The van der Waals surface area contributed by atoms with Crippen molar-refractivity contribution in [2.24, 2.45) is 0 Å². The molecular weight excluding hydrogens is 346 g/mol. The molecule has 0 saturated heterocycles. The molecule has 0 radical (unpaired) electrons. The summed E-state index contributed by atoms with van der Waals surface area (Å²) in [6.45, 7) is 0. The van der Waals surface area contributed by atoms with Gasteiger partial charge in [-0.2, -0.15) is 0 Å². The van der Waals surface area contributed by atoms with Crippen LogP contribution in [-0.2, 0) is 6.42 Å². The summed E-state index contributed by atoms with van der Waals surface area (Å²) in [6, 6.07) is 5.24. The van der Waals surface area contributed by atoms with E-state index in [2.05, 4.69) is 15.9 Å². The molecule has 2 rings (SSSR count). The highest BCUT2D eigenvalue weighted by Crippen LogP contribution is 2.36. The number of rotatable bonds is 3. The Kier molecular flexibility index (Phi) is 4.37. The second-order valence-electron chi connectivity index (χ2n) is 3.74. The summed E-state index contributed by atoms with van der Waals surface area (Å²) in [5.74, 6) is -1.81. The third-order valence-corrected chi connectivity index (χ3v) is 4.98. The maximum Gasteiger partial charge on any atom is 0.159 e. The zero-order valence-electron chi connectivity index (χ0n) is 8.96. The number of thiophene rings is 1. The molecule has 0 saturated carbocycles. The fourth-order valence-electron chi connectivity index (χ4n) is 1.52. The van der Waals surface area contributed by atoms with E-state index in [0.29, 0.717) is 15.5 Å². The van der Waals surface area contributed by atoms with Gasteiger partial charge in [-0.3, -0.25) is 0 Å². The second kappa shape index (κ2) is 5.65. The van der Waals surface area contributed by atoms with Crippen molar-refractivity contribution >= 4 is 38.9 Å². The first-order valence-electron chi connectivity index (χ1n) is 5.04. The summed E-state index contributed by atoms with van der Waals surface area (Å²) in [5, 5.41) is 10.5. The Balaban J connectivity index is 2.15. The molecule has 6 heteroatoms. The van der Waals surface area contributed by atoms with Gasteiger partial charge in [0.1, 0.15) is 0 Å². The van der Waals surface area contributed by atoms with E-state index in [-0.39, 0.29) is 6.42 Å². The van der Waals surface area contributed by atoms with Crippen LogP contribution >= 0.6 is 38.9 Å². The van der Waals surface area contributed by atoms with E-state index in [9.17, 15) is 13.9 Å². The van der Waals surface area contributed by atoms with Gasteiger partial charge in [-0.05, 0) is 39.7 Å². The van der Waals surface area contributed by atoms with Crippen LogP contribution in [0.5, 0.6) is 0 Å². The van der Waals surface area contributed by atoms with Gasteiger partial charge in [0.05, 0.1) is 14.9 Å². The molecule has 1 heterocycles. The van der Waals surface area contributed by atoms with Crippen LogP contribution in [0.1, 0.15) is 16.5 Å². The van der Waals surface area contributed by atoms with Gasteiger partial charge in [-0.1, -0.05) is 17.7 Å². The standard InChI is InChI=1S/C12H8BrClF2OS/c13-12-7(14)5-11(18-12)10(17)4-6-1-2-8(15)9(16)3-6/h1-3,5,10,17H,4H2. The van der Waals surface area contributed by atoms with Crippen molar-refractivity contribution in [2.75, 3.05) is 0 Å². The van der Waals surface area contributed by atoms with Gasteiger partial charge in [0.25, 0.3) is 0 Å². The molecule has 1 nitrogen and oxygen atoms in total. The summed E-state index contributed by atoms with van der Waals surface area (Å²) in [4.78, 5) is 0.677. The fourth-order valence-corrected chi connectivity index (χ4v) is 3.25. The van der Waals surface area contributed by atoms with Crippen LogP contribution in [-0.4, -0.2) is 5.11 Å². The molecule has 0 spiro atoms. The topological polar surface area (TPSA) is 20.2 Å². The maximum absolute atomic E-state index is 13.0. The third-order valence-electron chi connectivity index (χ3n) is 2.41. The molecule has 18 heavy (non-hydrogen) atoms. The smallest absolute Gasteiger partial charge is 0.159 e. The Morgan fingerprint density at radius 1 is 1.28 bits per heavy atom. The van der Waals surface area contributed by atoms with Crippen LogP contribution in [0.25, 0.3) is 0 Å². The van der Waals surface area contributed by atoms with E-state index in [1.165, 1.54) is 17.4 Å². The Labute approximate surface area is 120 Å².